The number of allylic oxidation sites excluding steroid dienone is 8. The SMILES string of the molecule is CC1=CCC(C2=CCC=C2C(C)C)=C1C. The van der Waals surface area contributed by atoms with Crippen molar-refractivity contribution in [2.75, 3.05) is 0 Å². The van der Waals surface area contributed by atoms with Gasteiger partial charge in [-0.25, -0.2) is 0 Å². The Morgan fingerprint density at radius 3 is 2.33 bits per heavy atom. The van der Waals surface area contributed by atoms with Gasteiger partial charge in [-0.2, -0.15) is 0 Å². The minimum atomic E-state index is 0.653. The van der Waals surface area contributed by atoms with Gasteiger partial charge in [-0.15, -0.1) is 0 Å². The molecule has 2 rings (SSSR count). The Kier molecular flexibility index (Phi) is 2.68. The predicted molar refractivity (Wildman–Crippen MR) is 66.7 cm³/mol. The highest BCUT2D eigenvalue weighted by Crippen LogP contribution is 2.38. The molecule has 0 heterocycles. The van der Waals surface area contributed by atoms with Crippen LogP contribution in [0.1, 0.15) is 40.5 Å². The Morgan fingerprint density at radius 1 is 1.07 bits per heavy atom. The molecule has 15 heavy (non-hydrogen) atoms. The van der Waals surface area contributed by atoms with Crippen LogP contribution in [-0.2, 0) is 0 Å². The van der Waals surface area contributed by atoms with E-state index >= 15 is 0 Å². The molecule has 0 unspecified atom stereocenters. The monoisotopic (exact) mass is 200 g/mol. The van der Waals surface area contributed by atoms with Gasteiger partial charge in [-0.3, -0.25) is 0 Å². The molecule has 0 atom stereocenters. The molecule has 0 aromatic heterocycles. The maximum Gasteiger partial charge on any atom is -0.00830 e. The van der Waals surface area contributed by atoms with E-state index in [4.69, 9.17) is 0 Å². The van der Waals surface area contributed by atoms with Gasteiger partial charge >= 0.3 is 0 Å². The summed E-state index contributed by atoms with van der Waals surface area (Å²) in [7, 11) is 0. The van der Waals surface area contributed by atoms with Crippen molar-refractivity contribution in [3.05, 3.63) is 46.1 Å². The molecule has 0 N–H and O–H groups in total. The second kappa shape index (κ2) is 3.84. The van der Waals surface area contributed by atoms with E-state index in [2.05, 4.69) is 45.9 Å². The Labute approximate surface area is 93.1 Å². The van der Waals surface area contributed by atoms with E-state index in [0.717, 1.165) is 12.8 Å². The molecule has 2 aliphatic carbocycles. The molecule has 0 nitrogen and oxygen atoms in total. The quantitative estimate of drug-likeness (QED) is 0.612. The second-order valence-corrected chi connectivity index (χ2v) is 4.86. The maximum atomic E-state index is 2.39. The van der Waals surface area contributed by atoms with Gasteiger partial charge in [-0.05, 0) is 54.9 Å². The molecule has 80 valence electrons. The number of hydrogen-bond donors (Lipinski definition) is 0. The minimum absolute atomic E-state index is 0.653. The summed E-state index contributed by atoms with van der Waals surface area (Å²) in [5.74, 6) is 0.653. The van der Waals surface area contributed by atoms with Crippen molar-refractivity contribution in [2.45, 2.75) is 40.5 Å². The van der Waals surface area contributed by atoms with Gasteiger partial charge in [0.1, 0.15) is 0 Å². The Hall–Kier alpha value is -1.04. The average molecular weight is 200 g/mol. The fourth-order valence-electron chi connectivity index (χ4n) is 2.49. The van der Waals surface area contributed by atoms with E-state index in [1.165, 1.54) is 16.7 Å². The smallest absolute Gasteiger partial charge is 0.00830 e. The third-order valence-electron chi connectivity index (χ3n) is 3.57. The van der Waals surface area contributed by atoms with E-state index in [9.17, 15) is 0 Å². The van der Waals surface area contributed by atoms with Gasteiger partial charge in [0.05, 0.1) is 0 Å². The predicted octanol–water partition coefficient (Wildman–Crippen LogP) is 4.57. The summed E-state index contributed by atoms with van der Waals surface area (Å²) in [4.78, 5) is 0. The third-order valence-corrected chi connectivity index (χ3v) is 3.57. The first kappa shape index (κ1) is 10.5. The van der Waals surface area contributed by atoms with Gasteiger partial charge in [-0.1, -0.05) is 37.6 Å². The van der Waals surface area contributed by atoms with E-state index in [1.807, 2.05) is 0 Å². The normalized spacial score (nSPS) is 21.0. The van der Waals surface area contributed by atoms with Gasteiger partial charge in [0.2, 0.25) is 0 Å². The third kappa shape index (κ3) is 1.73. The van der Waals surface area contributed by atoms with Gasteiger partial charge in [0, 0.05) is 0 Å². The highest BCUT2D eigenvalue weighted by molar-refractivity contribution is 5.58. The second-order valence-electron chi connectivity index (χ2n) is 4.86. The van der Waals surface area contributed by atoms with Crippen LogP contribution >= 0.6 is 0 Å². The van der Waals surface area contributed by atoms with Crippen LogP contribution in [0.15, 0.2) is 46.1 Å². The molecule has 0 saturated heterocycles. The lowest BCUT2D eigenvalue weighted by Gasteiger charge is -2.14. The summed E-state index contributed by atoms with van der Waals surface area (Å²) < 4.78 is 0. The summed E-state index contributed by atoms with van der Waals surface area (Å²) in [6, 6.07) is 0. The van der Waals surface area contributed by atoms with Crippen molar-refractivity contribution >= 4 is 0 Å². The van der Waals surface area contributed by atoms with Crippen LogP contribution in [0.4, 0.5) is 0 Å². The van der Waals surface area contributed by atoms with Crippen LogP contribution in [0.25, 0.3) is 0 Å². The van der Waals surface area contributed by atoms with E-state index in [0.29, 0.717) is 5.92 Å². The molecule has 2 aliphatic rings. The Balaban J connectivity index is 2.32. The largest absolute Gasteiger partial charge is 0.0769 e. The lowest BCUT2D eigenvalue weighted by atomic mass is 9.90. The molecular weight excluding hydrogens is 180 g/mol. The van der Waals surface area contributed by atoms with Crippen LogP contribution in [-0.4, -0.2) is 0 Å². The van der Waals surface area contributed by atoms with Crippen molar-refractivity contribution < 1.29 is 0 Å². The topological polar surface area (TPSA) is 0 Å². The zero-order chi connectivity index (χ0) is 11.0. The molecule has 0 spiro atoms. The first-order valence-corrected chi connectivity index (χ1v) is 5.89. The molecule has 0 aliphatic heterocycles. The molecule has 0 saturated carbocycles. The van der Waals surface area contributed by atoms with Crippen LogP contribution < -0.4 is 0 Å². The summed E-state index contributed by atoms with van der Waals surface area (Å²) in [5, 5.41) is 0. The van der Waals surface area contributed by atoms with E-state index in [-0.39, 0.29) is 0 Å². The lowest BCUT2D eigenvalue weighted by molar-refractivity contribution is 0.781. The minimum Gasteiger partial charge on any atom is -0.0769 e. The Bertz CT molecular complexity index is 398. The zero-order valence-corrected chi connectivity index (χ0v) is 10.2. The fourth-order valence-corrected chi connectivity index (χ4v) is 2.49. The van der Waals surface area contributed by atoms with Crippen LogP contribution in [0.3, 0.4) is 0 Å². The maximum absolute atomic E-state index is 2.39. The van der Waals surface area contributed by atoms with E-state index < -0.39 is 0 Å². The van der Waals surface area contributed by atoms with Crippen molar-refractivity contribution in [1.82, 2.24) is 0 Å². The van der Waals surface area contributed by atoms with Crippen molar-refractivity contribution in [3.8, 4) is 0 Å². The summed E-state index contributed by atoms with van der Waals surface area (Å²) in [6.45, 7) is 9.05. The van der Waals surface area contributed by atoms with Crippen LogP contribution in [0.5, 0.6) is 0 Å². The van der Waals surface area contributed by atoms with Gasteiger partial charge in [0.15, 0.2) is 0 Å². The first-order chi connectivity index (χ1) is 7.11. The van der Waals surface area contributed by atoms with Gasteiger partial charge in [0.25, 0.3) is 0 Å². The lowest BCUT2D eigenvalue weighted by Crippen LogP contribution is -1.98. The molecule has 0 fully saturated rings. The fraction of sp³-hybridized carbons (Fsp3) is 0.467. The van der Waals surface area contributed by atoms with E-state index in [1.54, 1.807) is 11.1 Å². The first-order valence-electron chi connectivity index (χ1n) is 5.89. The molecule has 0 bridgehead atoms. The molecular formula is C15H20. The molecule has 0 amide bonds. The zero-order valence-electron chi connectivity index (χ0n) is 10.2. The van der Waals surface area contributed by atoms with Crippen LogP contribution in [0, 0.1) is 5.92 Å². The summed E-state index contributed by atoms with van der Waals surface area (Å²) >= 11 is 0. The standard InChI is InChI=1S/C15H20/c1-10(2)13-6-5-7-15(13)14-9-8-11(3)12(14)4/h6-8,10H,5,9H2,1-4H3. The molecule has 0 aromatic carbocycles. The van der Waals surface area contributed by atoms with Gasteiger partial charge < -0.3 is 0 Å². The molecule has 0 radical (unpaired) electrons. The molecule has 0 aromatic rings. The van der Waals surface area contributed by atoms with Crippen molar-refractivity contribution in [3.63, 3.8) is 0 Å². The number of rotatable bonds is 2. The highest BCUT2D eigenvalue weighted by atomic mass is 14.3. The summed E-state index contributed by atoms with van der Waals surface area (Å²) in [5.41, 5.74) is 7.59. The highest BCUT2D eigenvalue weighted by Gasteiger charge is 2.20. The average Bonchev–Trinajstić information content (AvgIpc) is 2.75. The van der Waals surface area contributed by atoms with Crippen molar-refractivity contribution in [2.24, 2.45) is 5.92 Å². The van der Waals surface area contributed by atoms with Crippen molar-refractivity contribution in [1.29, 1.82) is 0 Å². The Morgan fingerprint density at radius 2 is 1.80 bits per heavy atom. The van der Waals surface area contributed by atoms with Crippen LogP contribution in [0.2, 0.25) is 0 Å². The molecule has 0 heteroatoms. The summed E-state index contributed by atoms with van der Waals surface area (Å²) in [6.07, 6.45) is 9.38. The number of hydrogen-bond acceptors (Lipinski definition) is 0.